The van der Waals surface area contributed by atoms with Crippen LogP contribution in [0.15, 0.2) is 0 Å². The van der Waals surface area contributed by atoms with Gasteiger partial charge in [-0.2, -0.15) is 11.8 Å². The summed E-state index contributed by atoms with van der Waals surface area (Å²) in [6, 6.07) is 0.248. The fraction of sp³-hybridized carbons (Fsp3) is 0.889. The number of carbonyl (C=O) groups is 1. The summed E-state index contributed by atoms with van der Waals surface area (Å²) in [6.07, 6.45) is 2.19. The van der Waals surface area contributed by atoms with Gasteiger partial charge in [0.15, 0.2) is 0 Å². The Labute approximate surface area is 83.3 Å². The summed E-state index contributed by atoms with van der Waals surface area (Å²) in [7, 11) is 0. The second-order valence-electron chi connectivity index (χ2n) is 3.95. The predicted molar refractivity (Wildman–Crippen MR) is 54.8 cm³/mol. The highest BCUT2D eigenvalue weighted by molar-refractivity contribution is 7.99. The van der Waals surface area contributed by atoms with E-state index in [1.54, 1.807) is 0 Å². The molecule has 3 nitrogen and oxygen atoms in total. The van der Waals surface area contributed by atoms with E-state index in [9.17, 15) is 9.90 Å². The van der Waals surface area contributed by atoms with Crippen LogP contribution in [0.2, 0.25) is 0 Å². The van der Waals surface area contributed by atoms with Crippen molar-refractivity contribution in [2.24, 2.45) is 0 Å². The topological polar surface area (TPSA) is 49.3 Å². The van der Waals surface area contributed by atoms with Gasteiger partial charge in [-0.1, -0.05) is 0 Å². The van der Waals surface area contributed by atoms with Crippen LogP contribution in [0.25, 0.3) is 0 Å². The molecule has 1 unspecified atom stereocenters. The fourth-order valence-corrected chi connectivity index (χ4v) is 2.29. The van der Waals surface area contributed by atoms with Gasteiger partial charge in [0.2, 0.25) is 0 Å². The van der Waals surface area contributed by atoms with E-state index in [1.807, 2.05) is 11.8 Å². The molecule has 0 spiro atoms. The maximum Gasteiger partial charge on any atom is 0.251 e. The van der Waals surface area contributed by atoms with Crippen LogP contribution < -0.4 is 5.32 Å². The van der Waals surface area contributed by atoms with E-state index in [2.05, 4.69) is 5.32 Å². The van der Waals surface area contributed by atoms with Gasteiger partial charge in [-0.25, -0.2) is 0 Å². The molecule has 0 aromatic rings. The SMILES string of the molecule is CC(C)(O)C(=O)NC1CCCSC1. The van der Waals surface area contributed by atoms with Gasteiger partial charge in [0, 0.05) is 11.8 Å². The van der Waals surface area contributed by atoms with Crippen molar-refractivity contribution in [3.63, 3.8) is 0 Å². The molecule has 0 aromatic heterocycles. The Bertz CT molecular complexity index is 183. The Kier molecular flexibility index (Phi) is 3.62. The number of hydrogen-bond donors (Lipinski definition) is 2. The molecule has 1 fully saturated rings. The monoisotopic (exact) mass is 203 g/mol. The van der Waals surface area contributed by atoms with E-state index in [-0.39, 0.29) is 11.9 Å². The van der Waals surface area contributed by atoms with Crippen molar-refractivity contribution in [3.05, 3.63) is 0 Å². The normalized spacial score (nSPS) is 24.1. The zero-order chi connectivity index (χ0) is 9.90. The zero-order valence-electron chi connectivity index (χ0n) is 8.17. The third kappa shape index (κ3) is 3.56. The van der Waals surface area contributed by atoms with Crippen LogP contribution in [-0.2, 0) is 4.79 Å². The van der Waals surface area contributed by atoms with Crippen LogP contribution in [0.1, 0.15) is 26.7 Å². The van der Waals surface area contributed by atoms with Crippen molar-refractivity contribution in [1.29, 1.82) is 0 Å². The summed E-state index contributed by atoms with van der Waals surface area (Å²) in [5.41, 5.74) is -1.25. The highest BCUT2D eigenvalue weighted by Crippen LogP contribution is 2.17. The lowest BCUT2D eigenvalue weighted by Gasteiger charge is -2.26. The van der Waals surface area contributed by atoms with Crippen molar-refractivity contribution in [3.8, 4) is 0 Å². The molecule has 76 valence electrons. The van der Waals surface area contributed by atoms with Crippen LogP contribution in [0.5, 0.6) is 0 Å². The van der Waals surface area contributed by atoms with E-state index < -0.39 is 5.60 Å². The number of aliphatic hydroxyl groups is 1. The summed E-state index contributed by atoms with van der Waals surface area (Å²) < 4.78 is 0. The van der Waals surface area contributed by atoms with Gasteiger partial charge >= 0.3 is 0 Å². The molecule has 0 aromatic carbocycles. The van der Waals surface area contributed by atoms with Crippen LogP contribution in [-0.4, -0.2) is 34.2 Å². The quantitative estimate of drug-likeness (QED) is 0.697. The summed E-state index contributed by atoms with van der Waals surface area (Å²) in [6.45, 7) is 3.02. The first-order valence-electron chi connectivity index (χ1n) is 4.61. The molecule has 1 aliphatic rings. The standard InChI is InChI=1S/C9H17NO2S/c1-9(2,12)8(11)10-7-4-3-5-13-6-7/h7,12H,3-6H2,1-2H3,(H,10,11). The van der Waals surface area contributed by atoms with Gasteiger partial charge in [-0.15, -0.1) is 0 Å². The van der Waals surface area contributed by atoms with Crippen molar-refractivity contribution in [2.45, 2.75) is 38.3 Å². The second-order valence-corrected chi connectivity index (χ2v) is 5.10. The first kappa shape index (κ1) is 10.9. The molecule has 13 heavy (non-hydrogen) atoms. The van der Waals surface area contributed by atoms with E-state index in [0.717, 1.165) is 18.6 Å². The van der Waals surface area contributed by atoms with Gasteiger partial charge in [0.05, 0.1) is 0 Å². The van der Waals surface area contributed by atoms with Crippen molar-refractivity contribution < 1.29 is 9.90 Å². The number of hydrogen-bond acceptors (Lipinski definition) is 3. The molecule has 0 bridgehead atoms. The Hall–Kier alpha value is -0.220. The molecule has 0 radical (unpaired) electrons. The van der Waals surface area contributed by atoms with E-state index in [0.29, 0.717) is 0 Å². The molecule has 1 saturated heterocycles. The molecule has 1 amide bonds. The average Bonchev–Trinajstić information content (AvgIpc) is 2.04. The highest BCUT2D eigenvalue weighted by Gasteiger charge is 2.26. The minimum atomic E-state index is -1.25. The van der Waals surface area contributed by atoms with E-state index >= 15 is 0 Å². The minimum absolute atomic E-state index is 0.248. The molecule has 1 rings (SSSR count). The predicted octanol–water partition coefficient (Wildman–Crippen LogP) is 0.769. The van der Waals surface area contributed by atoms with Crippen molar-refractivity contribution in [1.82, 2.24) is 5.32 Å². The van der Waals surface area contributed by atoms with E-state index in [4.69, 9.17) is 0 Å². The van der Waals surface area contributed by atoms with Crippen molar-refractivity contribution in [2.75, 3.05) is 11.5 Å². The third-order valence-corrected chi connectivity index (χ3v) is 3.27. The van der Waals surface area contributed by atoms with Gasteiger partial charge in [-0.05, 0) is 32.4 Å². The Morgan fingerprint density at radius 1 is 1.62 bits per heavy atom. The molecule has 2 N–H and O–H groups in total. The molecule has 1 atom stereocenters. The molecule has 1 heterocycles. The minimum Gasteiger partial charge on any atom is -0.381 e. The van der Waals surface area contributed by atoms with Gasteiger partial charge in [0.25, 0.3) is 5.91 Å². The van der Waals surface area contributed by atoms with Crippen LogP contribution in [0.4, 0.5) is 0 Å². The van der Waals surface area contributed by atoms with E-state index in [1.165, 1.54) is 19.6 Å². The first-order chi connectivity index (χ1) is 6.00. The van der Waals surface area contributed by atoms with Gasteiger partial charge in [0.1, 0.15) is 5.60 Å². The number of nitrogens with one attached hydrogen (secondary N) is 1. The zero-order valence-corrected chi connectivity index (χ0v) is 8.99. The van der Waals surface area contributed by atoms with Crippen LogP contribution >= 0.6 is 11.8 Å². The lowest BCUT2D eigenvalue weighted by Crippen LogP contribution is -2.48. The number of thioether (sulfide) groups is 1. The average molecular weight is 203 g/mol. The van der Waals surface area contributed by atoms with Crippen LogP contribution in [0.3, 0.4) is 0 Å². The largest absolute Gasteiger partial charge is 0.381 e. The number of amides is 1. The van der Waals surface area contributed by atoms with Gasteiger partial charge < -0.3 is 10.4 Å². The summed E-state index contributed by atoms with van der Waals surface area (Å²) in [5, 5.41) is 12.2. The van der Waals surface area contributed by atoms with Crippen molar-refractivity contribution >= 4 is 17.7 Å². The molecule has 0 aliphatic carbocycles. The summed E-state index contributed by atoms with van der Waals surface area (Å²) in [4.78, 5) is 11.4. The second kappa shape index (κ2) is 4.33. The number of carbonyl (C=O) groups excluding carboxylic acids is 1. The summed E-state index contributed by atoms with van der Waals surface area (Å²) >= 11 is 1.86. The first-order valence-corrected chi connectivity index (χ1v) is 5.76. The smallest absolute Gasteiger partial charge is 0.251 e. The lowest BCUT2D eigenvalue weighted by atomic mass is 10.1. The maximum atomic E-state index is 11.4. The Morgan fingerprint density at radius 3 is 2.77 bits per heavy atom. The molecular weight excluding hydrogens is 186 g/mol. The fourth-order valence-electron chi connectivity index (χ4n) is 1.22. The molecule has 4 heteroatoms. The Morgan fingerprint density at radius 2 is 2.31 bits per heavy atom. The summed E-state index contributed by atoms with van der Waals surface area (Å²) in [5.74, 6) is 1.90. The van der Waals surface area contributed by atoms with Gasteiger partial charge in [-0.3, -0.25) is 4.79 Å². The molecule has 0 saturated carbocycles. The third-order valence-electron chi connectivity index (χ3n) is 2.05. The number of rotatable bonds is 2. The van der Waals surface area contributed by atoms with Crippen LogP contribution in [0, 0.1) is 0 Å². The lowest BCUT2D eigenvalue weighted by molar-refractivity contribution is -0.137. The maximum absolute atomic E-state index is 11.4. The molecular formula is C9H17NO2S. The highest BCUT2D eigenvalue weighted by atomic mass is 32.2. The Balaban J connectivity index is 2.35. The molecule has 1 aliphatic heterocycles.